The van der Waals surface area contributed by atoms with E-state index in [1.807, 2.05) is 6.08 Å². The van der Waals surface area contributed by atoms with E-state index in [2.05, 4.69) is 6.58 Å². The van der Waals surface area contributed by atoms with Gasteiger partial charge < -0.3 is 14.2 Å². The number of hydrogen-bond acceptors (Lipinski definition) is 3. The number of allylic oxidation sites excluding steroid dienone is 1. The Labute approximate surface area is 202 Å². The molecule has 8 heteroatoms. The zero-order chi connectivity index (χ0) is 24.9. The largest absolute Gasteiger partial charge is 0.500 e. The fourth-order valence-electron chi connectivity index (χ4n) is 4.06. The molecule has 4 rings (SSSR count). The Morgan fingerprint density at radius 3 is 1.97 bits per heavy atom. The summed E-state index contributed by atoms with van der Waals surface area (Å²) in [4.78, 5) is 0. The number of ether oxygens (including phenoxy) is 3. The smallest absolute Gasteiger partial charge is 0.201 e. The molecule has 0 atom stereocenters. The van der Waals surface area contributed by atoms with Crippen molar-refractivity contribution in [2.75, 3.05) is 19.7 Å². The second-order valence-corrected chi connectivity index (χ2v) is 8.31. The monoisotopic (exact) mass is 484 g/mol. The van der Waals surface area contributed by atoms with Crippen LogP contribution in [0, 0.1) is 29.2 Å². The molecule has 1 fully saturated rings. The van der Waals surface area contributed by atoms with Gasteiger partial charge in [0.15, 0.2) is 37.3 Å². The van der Waals surface area contributed by atoms with Crippen LogP contribution in [0.1, 0.15) is 24.7 Å². The molecule has 0 aliphatic carbocycles. The van der Waals surface area contributed by atoms with E-state index in [1.54, 1.807) is 7.85 Å². The molecule has 0 bridgehead atoms. The second kappa shape index (κ2) is 11.1. The predicted octanol–water partition coefficient (Wildman–Crippen LogP) is 6.17. The lowest BCUT2D eigenvalue weighted by atomic mass is 9.98. The summed E-state index contributed by atoms with van der Waals surface area (Å²) in [6.07, 6.45) is 2.53. The average molecular weight is 484 g/mol. The molecule has 0 amide bonds. The summed E-state index contributed by atoms with van der Waals surface area (Å²) < 4.78 is 75.0. The molecule has 0 radical (unpaired) electrons. The van der Waals surface area contributed by atoms with Gasteiger partial charge in [-0.25, -0.2) is 13.2 Å². The van der Waals surface area contributed by atoms with Crippen molar-refractivity contribution in [3.63, 3.8) is 0 Å². The average Bonchev–Trinajstić information content (AvgIpc) is 2.88. The van der Waals surface area contributed by atoms with Crippen molar-refractivity contribution >= 4 is 7.85 Å². The molecule has 1 heterocycles. The van der Waals surface area contributed by atoms with Gasteiger partial charge >= 0.3 is 0 Å². The first-order valence-corrected chi connectivity index (χ1v) is 11.5. The van der Waals surface area contributed by atoms with Crippen LogP contribution in [0.3, 0.4) is 0 Å². The van der Waals surface area contributed by atoms with Gasteiger partial charge in [-0.3, -0.25) is 0 Å². The van der Waals surface area contributed by atoms with Crippen LogP contribution in [-0.4, -0.2) is 27.6 Å². The van der Waals surface area contributed by atoms with Gasteiger partial charge in [0.25, 0.3) is 0 Å². The minimum atomic E-state index is -1.07. The summed E-state index contributed by atoms with van der Waals surface area (Å²) in [6.45, 7) is 4.69. The van der Waals surface area contributed by atoms with Gasteiger partial charge in [0.2, 0.25) is 5.82 Å². The number of rotatable bonds is 8. The molecule has 1 aliphatic heterocycles. The highest BCUT2D eigenvalue weighted by molar-refractivity contribution is 6.08. The third kappa shape index (κ3) is 5.28. The fourth-order valence-corrected chi connectivity index (χ4v) is 4.06. The summed E-state index contributed by atoms with van der Waals surface area (Å²) in [5.74, 6) is -4.17. The van der Waals surface area contributed by atoms with Crippen LogP contribution in [0.4, 0.5) is 17.6 Å². The second-order valence-electron chi connectivity index (χ2n) is 8.31. The third-order valence-corrected chi connectivity index (χ3v) is 5.97. The quantitative estimate of drug-likeness (QED) is 0.217. The number of benzene rings is 3. The Morgan fingerprint density at radius 2 is 1.40 bits per heavy atom. The van der Waals surface area contributed by atoms with E-state index in [4.69, 9.17) is 14.2 Å². The van der Waals surface area contributed by atoms with Crippen molar-refractivity contribution in [1.82, 2.24) is 0 Å². The van der Waals surface area contributed by atoms with E-state index < -0.39 is 29.6 Å². The molecule has 0 N–H and O–H groups in total. The summed E-state index contributed by atoms with van der Waals surface area (Å²) >= 11 is 0. The molecule has 3 nitrogen and oxygen atoms in total. The van der Waals surface area contributed by atoms with Gasteiger partial charge in [-0.15, -0.1) is 6.58 Å². The lowest BCUT2D eigenvalue weighted by Gasteiger charge is -2.29. The Hall–Kier alpha value is -3.10. The lowest BCUT2D eigenvalue weighted by Crippen LogP contribution is -2.27. The standard InChI is InChI=1S/C27H25BF4O3/c1-2-3-4-16-13-33-27(34-14-16)21-10-9-19(23(29)25(21)31)17-5-7-18(8-6-17)20-11-12-22(35-15-28)26(32)24(20)30/h2,5-12,16,27H,1,3-4,13-15,28H2. The Kier molecular flexibility index (Phi) is 7.93. The Balaban J connectivity index is 1.53. The third-order valence-electron chi connectivity index (χ3n) is 5.97. The van der Waals surface area contributed by atoms with Crippen molar-refractivity contribution in [3.8, 4) is 28.0 Å². The number of halogens is 4. The van der Waals surface area contributed by atoms with E-state index in [1.165, 1.54) is 48.5 Å². The van der Waals surface area contributed by atoms with Crippen LogP contribution >= 0.6 is 0 Å². The molecule has 182 valence electrons. The highest BCUT2D eigenvalue weighted by atomic mass is 19.2. The van der Waals surface area contributed by atoms with Gasteiger partial charge in [-0.2, -0.15) is 4.39 Å². The molecule has 3 aromatic rings. The maximum Gasteiger partial charge on any atom is 0.201 e. The van der Waals surface area contributed by atoms with Crippen molar-refractivity contribution in [2.24, 2.45) is 5.92 Å². The lowest BCUT2D eigenvalue weighted by molar-refractivity contribution is -0.207. The zero-order valence-corrected chi connectivity index (χ0v) is 19.3. The normalized spacial score (nSPS) is 17.8. The van der Waals surface area contributed by atoms with Crippen molar-refractivity contribution in [1.29, 1.82) is 0 Å². The molecule has 3 aromatic carbocycles. The molecular formula is C27H25BF4O3. The van der Waals surface area contributed by atoms with E-state index in [0.717, 1.165) is 12.8 Å². The highest BCUT2D eigenvalue weighted by Gasteiger charge is 2.28. The maximum atomic E-state index is 15.0. The minimum Gasteiger partial charge on any atom is -0.500 e. The van der Waals surface area contributed by atoms with E-state index in [-0.39, 0.29) is 34.9 Å². The number of hydrogen-bond donors (Lipinski definition) is 0. The van der Waals surface area contributed by atoms with Gasteiger partial charge in [0, 0.05) is 22.6 Å². The summed E-state index contributed by atoms with van der Waals surface area (Å²) in [5.41, 5.74) is 0.851. The molecule has 0 aromatic heterocycles. The van der Waals surface area contributed by atoms with Gasteiger partial charge in [0.05, 0.1) is 19.7 Å². The Bertz CT molecular complexity index is 1190. The van der Waals surface area contributed by atoms with Crippen LogP contribution in [0.2, 0.25) is 0 Å². The van der Waals surface area contributed by atoms with Crippen LogP contribution < -0.4 is 4.74 Å². The first kappa shape index (κ1) is 25.0. The first-order valence-electron chi connectivity index (χ1n) is 11.5. The van der Waals surface area contributed by atoms with E-state index in [0.29, 0.717) is 24.3 Å². The fraction of sp³-hybridized carbons (Fsp3) is 0.259. The molecule has 0 spiro atoms. The molecule has 1 aliphatic rings. The van der Waals surface area contributed by atoms with Gasteiger partial charge in [-0.05, 0) is 36.1 Å². The topological polar surface area (TPSA) is 27.7 Å². The van der Waals surface area contributed by atoms with Crippen molar-refractivity contribution in [2.45, 2.75) is 19.1 Å². The summed E-state index contributed by atoms with van der Waals surface area (Å²) in [5, 5.41) is 0. The molecule has 35 heavy (non-hydrogen) atoms. The van der Waals surface area contributed by atoms with Gasteiger partial charge in [-0.1, -0.05) is 42.5 Å². The van der Waals surface area contributed by atoms with Crippen LogP contribution in [0.5, 0.6) is 5.75 Å². The highest BCUT2D eigenvalue weighted by Crippen LogP contribution is 2.35. The van der Waals surface area contributed by atoms with Crippen molar-refractivity contribution < 1.29 is 31.8 Å². The SMILES string of the molecule is BCOc1ccc(-c2ccc(-c3ccc(C4OCC(CCC=C)CO4)c(F)c3F)cc2)c(F)c1F. The molecule has 1 saturated heterocycles. The van der Waals surface area contributed by atoms with Crippen LogP contribution in [0.25, 0.3) is 22.3 Å². The summed E-state index contributed by atoms with van der Waals surface area (Å²) in [7, 11) is 1.68. The first-order chi connectivity index (χ1) is 16.9. The minimum absolute atomic E-state index is 0.00280. The molecule has 0 saturated carbocycles. The van der Waals surface area contributed by atoms with Crippen LogP contribution in [-0.2, 0) is 9.47 Å². The maximum absolute atomic E-state index is 15.0. The molecule has 0 unspecified atom stereocenters. The summed E-state index contributed by atoms with van der Waals surface area (Å²) in [6, 6.07) is 11.8. The van der Waals surface area contributed by atoms with E-state index in [9.17, 15) is 17.6 Å². The Morgan fingerprint density at radius 1 is 0.829 bits per heavy atom. The zero-order valence-electron chi connectivity index (χ0n) is 19.3. The van der Waals surface area contributed by atoms with Gasteiger partial charge in [0.1, 0.15) is 0 Å². The molecular weight excluding hydrogens is 459 g/mol. The predicted molar refractivity (Wildman–Crippen MR) is 129 cm³/mol. The van der Waals surface area contributed by atoms with Crippen molar-refractivity contribution in [3.05, 3.63) is 90.0 Å². The van der Waals surface area contributed by atoms with Crippen LogP contribution in [0.15, 0.2) is 61.2 Å². The van der Waals surface area contributed by atoms with E-state index >= 15 is 0 Å².